The Bertz CT molecular complexity index is 187. The summed E-state index contributed by atoms with van der Waals surface area (Å²) in [7, 11) is 1.67. The van der Waals surface area contributed by atoms with Gasteiger partial charge in [0.15, 0.2) is 5.78 Å². The zero-order valence-electron chi connectivity index (χ0n) is 8.93. The van der Waals surface area contributed by atoms with Gasteiger partial charge in [0.2, 0.25) is 0 Å². The molecule has 1 saturated carbocycles. The summed E-state index contributed by atoms with van der Waals surface area (Å²) < 4.78 is 5.45. The molecule has 76 valence electrons. The molecule has 0 radical (unpaired) electrons. The Morgan fingerprint density at radius 1 is 1.46 bits per heavy atom. The SMILES string of the molecule is COC1(CC(C)C)CCCCC1=O. The molecule has 1 aliphatic rings. The lowest BCUT2D eigenvalue weighted by Crippen LogP contribution is -2.44. The van der Waals surface area contributed by atoms with Crippen LogP contribution in [-0.4, -0.2) is 18.5 Å². The number of carbonyl (C=O) groups excluding carboxylic acids is 1. The quantitative estimate of drug-likeness (QED) is 0.673. The summed E-state index contributed by atoms with van der Waals surface area (Å²) in [5.74, 6) is 0.844. The molecule has 0 saturated heterocycles. The number of ketones is 1. The van der Waals surface area contributed by atoms with Crippen LogP contribution >= 0.6 is 0 Å². The molecule has 0 heterocycles. The van der Waals surface area contributed by atoms with Gasteiger partial charge < -0.3 is 4.74 Å². The van der Waals surface area contributed by atoms with Gasteiger partial charge >= 0.3 is 0 Å². The molecule has 0 aromatic rings. The summed E-state index contributed by atoms with van der Waals surface area (Å²) >= 11 is 0. The maximum atomic E-state index is 11.8. The second-order valence-electron chi connectivity index (χ2n) is 4.43. The molecule has 0 aromatic heterocycles. The summed E-state index contributed by atoms with van der Waals surface area (Å²) in [5, 5.41) is 0. The van der Waals surface area contributed by atoms with E-state index >= 15 is 0 Å². The number of carbonyl (C=O) groups is 1. The van der Waals surface area contributed by atoms with Gasteiger partial charge in [-0.15, -0.1) is 0 Å². The summed E-state index contributed by atoms with van der Waals surface area (Å²) in [6.07, 6.45) is 4.68. The van der Waals surface area contributed by atoms with Crippen molar-refractivity contribution in [2.75, 3.05) is 7.11 Å². The van der Waals surface area contributed by atoms with E-state index in [1.54, 1.807) is 7.11 Å². The van der Waals surface area contributed by atoms with Gasteiger partial charge in [0.05, 0.1) is 0 Å². The fourth-order valence-electron chi connectivity index (χ4n) is 2.24. The Morgan fingerprint density at radius 2 is 2.15 bits per heavy atom. The van der Waals surface area contributed by atoms with Crippen molar-refractivity contribution in [1.29, 1.82) is 0 Å². The van der Waals surface area contributed by atoms with Crippen LogP contribution in [0.2, 0.25) is 0 Å². The van der Waals surface area contributed by atoms with Crippen LogP contribution in [0.5, 0.6) is 0 Å². The molecule has 1 unspecified atom stereocenters. The lowest BCUT2D eigenvalue weighted by molar-refractivity contribution is -0.147. The van der Waals surface area contributed by atoms with Gasteiger partial charge in [-0.3, -0.25) is 4.79 Å². The summed E-state index contributed by atoms with van der Waals surface area (Å²) in [5.41, 5.74) is -0.438. The number of Topliss-reactive ketones (excluding diaryl/α,β-unsaturated/α-hetero) is 1. The van der Waals surface area contributed by atoms with Crippen LogP contribution in [-0.2, 0) is 9.53 Å². The van der Waals surface area contributed by atoms with Crippen molar-refractivity contribution in [3.8, 4) is 0 Å². The molecule has 2 nitrogen and oxygen atoms in total. The largest absolute Gasteiger partial charge is 0.370 e. The molecule has 13 heavy (non-hydrogen) atoms. The summed E-state index contributed by atoms with van der Waals surface area (Å²) in [6.45, 7) is 4.28. The molecule has 1 rings (SSSR count). The smallest absolute Gasteiger partial charge is 0.164 e. The molecule has 0 bridgehead atoms. The van der Waals surface area contributed by atoms with Gasteiger partial charge in [-0.1, -0.05) is 13.8 Å². The van der Waals surface area contributed by atoms with E-state index in [0.29, 0.717) is 18.1 Å². The predicted octanol–water partition coefficient (Wildman–Crippen LogP) is 2.56. The highest BCUT2D eigenvalue weighted by Gasteiger charge is 2.39. The van der Waals surface area contributed by atoms with Crippen molar-refractivity contribution in [3.63, 3.8) is 0 Å². The molecule has 0 aliphatic heterocycles. The average molecular weight is 184 g/mol. The minimum absolute atomic E-state index is 0.315. The Hall–Kier alpha value is -0.370. The molecule has 0 N–H and O–H groups in total. The third-order valence-corrected chi connectivity index (χ3v) is 2.87. The van der Waals surface area contributed by atoms with Crippen LogP contribution in [0, 0.1) is 5.92 Å². The van der Waals surface area contributed by atoms with Gasteiger partial charge in [0.1, 0.15) is 5.60 Å². The van der Waals surface area contributed by atoms with Gasteiger partial charge in [0.25, 0.3) is 0 Å². The van der Waals surface area contributed by atoms with Crippen molar-refractivity contribution in [3.05, 3.63) is 0 Å². The van der Waals surface area contributed by atoms with Crippen molar-refractivity contribution < 1.29 is 9.53 Å². The van der Waals surface area contributed by atoms with Crippen molar-refractivity contribution in [2.45, 2.75) is 51.6 Å². The minimum atomic E-state index is -0.438. The van der Waals surface area contributed by atoms with E-state index < -0.39 is 5.60 Å². The number of hydrogen-bond donors (Lipinski definition) is 0. The molecule has 0 spiro atoms. The normalized spacial score (nSPS) is 29.7. The van der Waals surface area contributed by atoms with E-state index in [9.17, 15) is 4.79 Å². The standard InChI is InChI=1S/C11H20O2/c1-9(2)8-11(13-3)7-5-4-6-10(11)12/h9H,4-8H2,1-3H3. The number of rotatable bonds is 3. The maximum absolute atomic E-state index is 11.8. The predicted molar refractivity (Wildman–Crippen MR) is 52.7 cm³/mol. The molecule has 0 amide bonds. The molecular weight excluding hydrogens is 164 g/mol. The highest BCUT2D eigenvalue weighted by molar-refractivity contribution is 5.88. The van der Waals surface area contributed by atoms with Crippen LogP contribution in [0.15, 0.2) is 0 Å². The van der Waals surface area contributed by atoms with E-state index in [-0.39, 0.29) is 0 Å². The van der Waals surface area contributed by atoms with Crippen LogP contribution in [0.3, 0.4) is 0 Å². The molecule has 1 fully saturated rings. The summed E-state index contributed by atoms with van der Waals surface area (Å²) in [6, 6.07) is 0. The fraction of sp³-hybridized carbons (Fsp3) is 0.909. The van der Waals surface area contributed by atoms with E-state index in [1.165, 1.54) is 0 Å². The zero-order chi connectivity index (χ0) is 9.90. The summed E-state index contributed by atoms with van der Waals surface area (Å²) in [4.78, 5) is 11.8. The molecule has 0 aromatic carbocycles. The molecule has 2 heteroatoms. The lowest BCUT2D eigenvalue weighted by Gasteiger charge is -2.35. The monoisotopic (exact) mass is 184 g/mol. The van der Waals surface area contributed by atoms with E-state index in [1.807, 2.05) is 0 Å². The first-order valence-electron chi connectivity index (χ1n) is 5.19. The molecular formula is C11H20O2. The first-order valence-corrected chi connectivity index (χ1v) is 5.19. The molecule has 1 atom stereocenters. The van der Waals surface area contributed by atoms with Crippen LogP contribution in [0.4, 0.5) is 0 Å². The second kappa shape index (κ2) is 4.23. The Kier molecular flexibility index (Phi) is 3.48. The van der Waals surface area contributed by atoms with Gasteiger partial charge in [-0.05, 0) is 31.6 Å². The van der Waals surface area contributed by atoms with E-state index in [0.717, 1.165) is 25.7 Å². The number of hydrogen-bond acceptors (Lipinski definition) is 2. The van der Waals surface area contributed by atoms with E-state index in [4.69, 9.17) is 4.74 Å². The van der Waals surface area contributed by atoms with Crippen molar-refractivity contribution in [2.24, 2.45) is 5.92 Å². The first-order chi connectivity index (χ1) is 6.10. The number of ether oxygens (including phenoxy) is 1. The lowest BCUT2D eigenvalue weighted by atomic mass is 9.78. The Morgan fingerprint density at radius 3 is 2.62 bits per heavy atom. The van der Waals surface area contributed by atoms with Crippen molar-refractivity contribution >= 4 is 5.78 Å². The van der Waals surface area contributed by atoms with Gasteiger partial charge in [0, 0.05) is 13.5 Å². The average Bonchev–Trinajstić information content (AvgIpc) is 2.08. The second-order valence-corrected chi connectivity index (χ2v) is 4.43. The first kappa shape index (κ1) is 10.7. The highest BCUT2D eigenvalue weighted by Crippen LogP contribution is 2.33. The highest BCUT2D eigenvalue weighted by atomic mass is 16.5. The van der Waals surface area contributed by atoms with Crippen LogP contribution in [0.1, 0.15) is 46.0 Å². The Balaban J connectivity index is 2.70. The zero-order valence-corrected chi connectivity index (χ0v) is 8.93. The van der Waals surface area contributed by atoms with Crippen LogP contribution < -0.4 is 0 Å². The third kappa shape index (κ3) is 2.31. The maximum Gasteiger partial charge on any atom is 0.164 e. The van der Waals surface area contributed by atoms with Gasteiger partial charge in [-0.2, -0.15) is 0 Å². The van der Waals surface area contributed by atoms with Crippen LogP contribution in [0.25, 0.3) is 0 Å². The fourth-order valence-corrected chi connectivity index (χ4v) is 2.24. The minimum Gasteiger partial charge on any atom is -0.370 e. The van der Waals surface area contributed by atoms with Gasteiger partial charge in [-0.25, -0.2) is 0 Å². The number of methoxy groups -OCH3 is 1. The Labute approximate surface area is 80.7 Å². The molecule has 1 aliphatic carbocycles. The van der Waals surface area contributed by atoms with E-state index in [2.05, 4.69) is 13.8 Å². The third-order valence-electron chi connectivity index (χ3n) is 2.87. The van der Waals surface area contributed by atoms with Crippen molar-refractivity contribution in [1.82, 2.24) is 0 Å². The topological polar surface area (TPSA) is 26.3 Å².